The smallest absolute Gasteiger partial charge is 0.365 e. The van der Waals surface area contributed by atoms with Gasteiger partial charge in [0.2, 0.25) is 0 Å². The van der Waals surface area contributed by atoms with Crippen molar-refractivity contribution in [2.24, 2.45) is 10.9 Å². The molecule has 0 radical (unpaired) electrons. The number of rotatable bonds is 7. The van der Waals surface area contributed by atoms with Gasteiger partial charge in [0, 0.05) is 18.0 Å². The fourth-order valence-corrected chi connectivity index (χ4v) is 2.79. The average Bonchev–Trinajstić information content (AvgIpc) is 3.00. The highest BCUT2D eigenvalue weighted by Gasteiger charge is 2.14. The monoisotopic (exact) mass is 412 g/mol. The molecule has 0 amide bonds. The number of amidine groups is 1. The van der Waals surface area contributed by atoms with Crippen LogP contribution in [-0.4, -0.2) is 21.6 Å². The molecule has 8 heteroatoms. The van der Waals surface area contributed by atoms with Crippen LogP contribution in [0.3, 0.4) is 0 Å². The maximum atomic E-state index is 11.9. The molecule has 3 rings (SSSR count). The number of hydrogen-bond acceptors (Lipinski definition) is 5. The van der Waals surface area contributed by atoms with Gasteiger partial charge in [-0.1, -0.05) is 35.0 Å². The number of nitrogens with two attached hydrogens (primary N) is 1. The summed E-state index contributed by atoms with van der Waals surface area (Å²) in [6, 6.07) is 15.7. The van der Waals surface area contributed by atoms with Gasteiger partial charge in [-0.05, 0) is 50.2 Å². The van der Waals surface area contributed by atoms with Gasteiger partial charge in [-0.15, -0.1) is 0 Å². The molecule has 2 aromatic carbocycles. The van der Waals surface area contributed by atoms with E-state index < -0.39 is 5.97 Å². The Hall–Kier alpha value is -3.32. The first-order valence-electron chi connectivity index (χ1n) is 9.00. The summed E-state index contributed by atoms with van der Waals surface area (Å²) < 4.78 is 7.72. The van der Waals surface area contributed by atoms with Gasteiger partial charge >= 0.3 is 5.97 Å². The van der Waals surface area contributed by atoms with Crippen molar-refractivity contribution in [2.75, 3.05) is 0 Å². The topological polar surface area (TPSA) is 91.7 Å². The molecule has 2 N–H and O–H groups in total. The summed E-state index contributed by atoms with van der Waals surface area (Å²) in [7, 11) is 0. The molecule has 0 aliphatic heterocycles. The van der Waals surface area contributed by atoms with E-state index in [0.29, 0.717) is 35.1 Å². The molecule has 0 spiro atoms. The van der Waals surface area contributed by atoms with E-state index in [1.807, 2.05) is 19.9 Å². The van der Waals surface area contributed by atoms with E-state index >= 15 is 0 Å². The lowest BCUT2D eigenvalue weighted by atomic mass is 10.2. The standard InChI is InChI=1S/C21H21ClN4O3/c1-14-20(28-18-10-8-17(22)9-11-18)15(2)26(24-14)13-12-19(23)25-29-21(27)16-6-4-3-5-7-16/h3-11H,12-13H2,1-2H3,(H2,23,25). The summed E-state index contributed by atoms with van der Waals surface area (Å²) in [5, 5.41) is 8.84. The highest BCUT2D eigenvalue weighted by Crippen LogP contribution is 2.29. The molecule has 0 aliphatic carbocycles. The Kier molecular flexibility index (Phi) is 6.51. The van der Waals surface area contributed by atoms with Gasteiger partial charge in [-0.2, -0.15) is 5.10 Å². The maximum Gasteiger partial charge on any atom is 0.365 e. The summed E-state index contributed by atoms with van der Waals surface area (Å²) >= 11 is 5.91. The third kappa shape index (κ3) is 5.36. The predicted molar refractivity (Wildman–Crippen MR) is 111 cm³/mol. The number of aromatic nitrogens is 2. The minimum absolute atomic E-state index is 0.196. The van der Waals surface area contributed by atoms with Crippen LogP contribution in [0.2, 0.25) is 5.02 Å². The summed E-state index contributed by atoms with van der Waals surface area (Å²) in [5.74, 6) is 0.993. The number of carbonyl (C=O) groups excluding carboxylic acids is 1. The molecule has 0 bridgehead atoms. The number of benzene rings is 2. The second-order valence-corrected chi connectivity index (χ2v) is 6.79. The normalized spacial score (nSPS) is 11.3. The molecule has 150 valence electrons. The highest BCUT2D eigenvalue weighted by atomic mass is 35.5. The molecule has 0 saturated carbocycles. The van der Waals surface area contributed by atoms with E-state index in [2.05, 4.69) is 10.3 Å². The van der Waals surface area contributed by atoms with Crippen molar-refractivity contribution in [3.8, 4) is 11.5 Å². The Labute approximate surface area is 173 Å². The Morgan fingerprint density at radius 3 is 2.52 bits per heavy atom. The number of ether oxygens (including phenoxy) is 1. The lowest BCUT2D eigenvalue weighted by Gasteiger charge is -2.07. The van der Waals surface area contributed by atoms with E-state index in [1.54, 1.807) is 53.2 Å². The number of oxime groups is 1. The Bertz CT molecular complexity index is 1010. The minimum Gasteiger partial charge on any atom is -0.453 e. The minimum atomic E-state index is -0.557. The van der Waals surface area contributed by atoms with Gasteiger partial charge in [0.05, 0.1) is 11.3 Å². The largest absolute Gasteiger partial charge is 0.453 e. The van der Waals surface area contributed by atoms with Gasteiger partial charge in [0.15, 0.2) is 5.75 Å². The van der Waals surface area contributed by atoms with Crippen LogP contribution in [0, 0.1) is 13.8 Å². The maximum absolute atomic E-state index is 11.9. The quantitative estimate of drug-likeness (QED) is 0.267. The molecule has 0 aliphatic rings. The van der Waals surface area contributed by atoms with Crippen molar-refractivity contribution in [2.45, 2.75) is 26.8 Å². The molecule has 29 heavy (non-hydrogen) atoms. The number of hydrogen-bond donors (Lipinski definition) is 1. The summed E-state index contributed by atoms with van der Waals surface area (Å²) in [6.07, 6.45) is 0.365. The Morgan fingerprint density at radius 2 is 1.83 bits per heavy atom. The molecule has 0 saturated heterocycles. The predicted octanol–water partition coefficient (Wildman–Crippen LogP) is 4.46. The van der Waals surface area contributed by atoms with E-state index in [4.69, 9.17) is 26.9 Å². The van der Waals surface area contributed by atoms with Crippen molar-refractivity contribution in [3.05, 3.63) is 76.6 Å². The molecule has 0 atom stereocenters. The van der Waals surface area contributed by atoms with Crippen LogP contribution in [0.25, 0.3) is 0 Å². The van der Waals surface area contributed by atoms with Crippen LogP contribution < -0.4 is 10.5 Å². The van der Waals surface area contributed by atoms with Gasteiger partial charge in [0.1, 0.15) is 17.3 Å². The number of carbonyl (C=O) groups is 1. The number of halogens is 1. The van der Waals surface area contributed by atoms with Crippen molar-refractivity contribution in [3.63, 3.8) is 0 Å². The van der Waals surface area contributed by atoms with Crippen LogP contribution in [0.5, 0.6) is 11.5 Å². The van der Waals surface area contributed by atoms with E-state index in [0.717, 1.165) is 11.4 Å². The summed E-state index contributed by atoms with van der Waals surface area (Å²) in [5.41, 5.74) is 7.88. The molecule has 0 unspecified atom stereocenters. The van der Waals surface area contributed by atoms with Crippen LogP contribution in [0.15, 0.2) is 59.8 Å². The lowest BCUT2D eigenvalue weighted by Crippen LogP contribution is -2.17. The SMILES string of the molecule is Cc1nn(CCC(N)=NOC(=O)c2ccccc2)c(C)c1Oc1ccc(Cl)cc1. The molecular formula is C21H21ClN4O3. The first-order valence-corrected chi connectivity index (χ1v) is 9.38. The molecule has 7 nitrogen and oxygen atoms in total. The second-order valence-electron chi connectivity index (χ2n) is 6.36. The first kappa shape index (κ1) is 20.4. The van der Waals surface area contributed by atoms with Crippen molar-refractivity contribution < 1.29 is 14.4 Å². The lowest BCUT2D eigenvalue weighted by molar-refractivity contribution is 0.0514. The van der Waals surface area contributed by atoms with Gasteiger partial charge in [0.25, 0.3) is 0 Å². The number of nitrogens with zero attached hydrogens (tertiary/aromatic N) is 3. The molecule has 3 aromatic rings. The first-order chi connectivity index (χ1) is 13.9. The Morgan fingerprint density at radius 1 is 1.14 bits per heavy atom. The Balaban J connectivity index is 1.60. The zero-order chi connectivity index (χ0) is 20.8. The van der Waals surface area contributed by atoms with Crippen LogP contribution in [-0.2, 0) is 11.4 Å². The van der Waals surface area contributed by atoms with E-state index in [-0.39, 0.29) is 5.84 Å². The van der Waals surface area contributed by atoms with E-state index in [9.17, 15) is 4.79 Å². The summed E-state index contributed by atoms with van der Waals surface area (Å²) in [6.45, 7) is 4.25. The molecular weight excluding hydrogens is 392 g/mol. The fraction of sp³-hybridized carbons (Fsp3) is 0.190. The third-order valence-corrected chi connectivity index (χ3v) is 4.44. The fourth-order valence-electron chi connectivity index (χ4n) is 2.66. The van der Waals surface area contributed by atoms with Crippen LogP contribution in [0.4, 0.5) is 0 Å². The van der Waals surface area contributed by atoms with Gasteiger partial charge < -0.3 is 15.3 Å². The highest BCUT2D eigenvalue weighted by molar-refractivity contribution is 6.30. The number of aryl methyl sites for hydroxylation is 2. The second kappa shape index (κ2) is 9.25. The van der Waals surface area contributed by atoms with Crippen LogP contribution >= 0.6 is 11.6 Å². The van der Waals surface area contributed by atoms with Crippen LogP contribution in [0.1, 0.15) is 28.2 Å². The molecule has 0 fully saturated rings. The zero-order valence-corrected chi connectivity index (χ0v) is 16.9. The van der Waals surface area contributed by atoms with Crippen molar-refractivity contribution in [1.82, 2.24) is 9.78 Å². The average molecular weight is 413 g/mol. The van der Waals surface area contributed by atoms with Crippen molar-refractivity contribution in [1.29, 1.82) is 0 Å². The van der Waals surface area contributed by atoms with Crippen molar-refractivity contribution >= 4 is 23.4 Å². The molecule has 1 heterocycles. The van der Waals surface area contributed by atoms with Gasteiger partial charge in [-0.3, -0.25) is 4.68 Å². The van der Waals surface area contributed by atoms with Gasteiger partial charge in [-0.25, -0.2) is 4.79 Å². The molecule has 1 aromatic heterocycles. The summed E-state index contributed by atoms with van der Waals surface area (Å²) in [4.78, 5) is 16.8. The van der Waals surface area contributed by atoms with E-state index in [1.165, 1.54) is 0 Å². The third-order valence-electron chi connectivity index (χ3n) is 4.18. The zero-order valence-electron chi connectivity index (χ0n) is 16.1.